The summed E-state index contributed by atoms with van der Waals surface area (Å²) in [7, 11) is 3.23. The standard InChI is InChI=1S/C48H59N7O8/c1-4-31-23-43(57)51-38(31)28-63-47-36-25-41(61-3)37(45(49)58)24-35(36)33(26-50-47)15-14-29-10-12-30(13-11-29)27-54-20-18-34(19-21-54)62-22-6-8-32-7-5-9-39-44(32)53(2)48(60)55(39)40-16-17-42(56)52-46(40)59/h5,7,9,24-26,29-31,34,38,40H,4,6,8,10-13,16-23,27-28H2,1-3H3,(H2,49,58)(H,51,57)(H,52,56,59)/t29-,30-,31-,38-,40?/m1/s1. The van der Waals surface area contributed by atoms with Crippen LogP contribution in [0.25, 0.3) is 21.8 Å². The quantitative estimate of drug-likeness (QED) is 0.0923. The largest absolute Gasteiger partial charge is 0.496 e. The van der Waals surface area contributed by atoms with Crippen LogP contribution >= 0.6 is 0 Å². The molecule has 4 fully saturated rings. The third kappa shape index (κ3) is 9.62. The van der Waals surface area contributed by atoms with Gasteiger partial charge < -0.3 is 30.2 Å². The van der Waals surface area contributed by atoms with Gasteiger partial charge in [0.1, 0.15) is 18.4 Å². The molecular formula is C48H59N7O8. The molecule has 334 valence electrons. The molecule has 15 nitrogen and oxygen atoms in total. The normalized spacial score (nSPS) is 23.3. The number of hydrogen-bond acceptors (Lipinski definition) is 10. The number of nitrogens with zero attached hydrogens (tertiary/aromatic N) is 4. The zero-order chi connectivity index (χ0) is 44.2. The Kier molecular flexibility index (Phi) is 13.5. The SMILES string of the molecule is CC[C@@H]1CC(=O)N[C@@H]1COc1ncc(C#C[C@H]2CC[C@H](CN3CCC(OCCCc4cccc5c4n(C)c(=O)n5C4CCC(=O)NC4=O)CC3)CC2)c2cc(C(N)=O)c(OC)cc12. The molecule has 1 aliphatic carbocycles. The zero-order valence-electron chi connectivity index (χ0n) is 36.6. The smallest absolute Gasteiger partial charge is 0.329 e. The summed E-state index contributed by atoms with van der Waals surface area (Å²) in [5, 5.41) is 6.78. The summed E-state index contributed by atoms with van der Waals surface area (Å²) in [5.74, 6) is 7.42. The second-order valence-corrected chi connectivity index (χ2v) is 17.7. The molecule has 8 rings (SSSR count). The van der Waals surface area contributed by atoms with Crippen molar-refractivity contribution >= 4 is 45.4 Å². The Hall–Kier alpha value is -5.72. The average Bonchev–Trinajstić information content (AvgIpc) is 3.78. The predicted octanol–water partition coefficient (Wildman–Crippen LogP) is 4.54. The van der Waals surface area contributed by atoms with Gasteiger partial charge in [0.05, 0.1) is 41.4 Å². The van der Waals surface area contributed by atoms with E-state index in [0.717, 1.165) is 93.9 Å². The highest BCUT2D eigenvalue weighted by Gasteiger charge is 2.33. The van der Waals surface area contributed by atoms with Gasteiger partial charge >= 0.3 is 5.69 Å². The molecule has 63 heavy (non-hydrogen) atoms. The highest BCUT2D eigenvalue weighted by molar-refractivity contribution is 6.03. The minimum absolute atomic E-state index is 0.0306. The van der Waals surface area contributed by atoms with Gasteiger partial charge in [0.15, 0.2) is 0 Å². The maximum Gasteiger partial charge on any atom is 0.329 e. The number of aryl methyl sites for hydroxylation is 2. The Morgan fingerprint density at radius 2 is 1.79 bits per heavy atom. The number of imide groups is 1. The number of nitrogens with one attached hydrogen (secondary N) is 2. The monoisotopic (exact) mass is 861 g/mol. The van der Waals surface area contributed by atoms with E-state index in [-0.39, 0.29) is 60.1 Å². The fourth-order valence-electron chi connectivity index (χ4n) is 10.1. The average molecular weight is 862 g/mol. The zero-order valence-corrected chi connectivity index (χ0v) is 36.6. The van der Waals surface area contributed by atoms with Crippen LogP contribution in [0, 0.1) is 29.6 Å². The van der Waals surface area contributed by atoms with Crippen LogP contribution in [0.5, 0.6) is 11.6 Å². The number of para-hydroxylation sites is 1. The van der Waals surface area contributed by atoms with Crippen LogP contribution < -0.4 is 31.5 Å². The van der Waals surface area contributed by atoms with Crippen LogP contribution in [0.2, 0.25) is 0 Å². The van der Waals surface area contributed by atoms with Gasteiger partial charge in [0.2, 0.25) is 23.6 Å². The van der Waals surface area contributed by atoms with Crippen molar-refractivity contribution in [2.75, 3.05) is 40.0 Å². The first-order valence-electron chi connectivity index (χ1n) is 22.6. The number of imidazole rings is 1. The number of fused-ring (bicyclic) bond motifs is 2. The Morgan fingerprint density at radius 3 is 2.52 bits per heavy atom. The molecule has 5 heterocycles. The summed E-state index contributed by atoms with van der Waals surface area (Å²) >= 11 is 0. The lowest BCUT2D eigenvalue weighted by Gasteiger charge is -2.36. The van der Waals surface area contributed by atoms with Crippen molar-refractivity contribution < 1.29 is 33.4 Å². The van der Waals surface area contributed by atoms with Gasteiger partial charge in [-0.15, -0.1) is 0 Å². The van der Waals surface area contributed by atoms with Crippen molar-refractivity contribution in [3.63, 3.8) is 0 Å². The van der Waals surface area contributed by atoms with Crippen molar-refractivity contribution in [3.05, 3.63) is 63.7 Å². The van der Waals surface area contributed by atoms with E-state index in [1.165, 1.54) is 11.7 Å². The van der Waals surface area contributed by atoms with E-state index >= 15 is 0 Å². The molecule has 0 radical (unpaired) electrons. The lowest BCUT2D eigenvalue weighted by atomic mass is 9.81. The minimum Gasteiger partial charge on any atom is -0.496 e. The molecule has 4 N–H and O–H groups in total. The molecule has 3 saturated heterocycles. The first-order chi connectivity index (χ1) is 30.5. The Labute approximate surface area is 367 Å². The van der Waals surface area contributed by atoms with Crippen molar-refractivity contribution in [1.29, 1.82) is 0 Å². The number of carbonyl (C=O) groups excluding carboxylic acids is 4. The summed E-state index contributed by atoms with van der Waals surface area (Å²) in [5.41, 5.74) is 9.03. The fourth-order valence-corrected chi connectivity index (χ4v) is 10.1. The molecule has 1 unspecified atom stereocenters. The Balaban J connectivity index is 0.806. The first kappa shape index (κ1) is 43.9. The third-order valence-corrected chi connectivity index (χ3v) is 13.7. The maximum absolute atomic E-state index is 13.3. The molecule has 0 bridgehead atoms. The number of ether oxygens (including phenoxy) is 3. The van der Waals surface area contributed by atoms with Gasteiger partial charge in [-0.1, -0.05) is 37.3 Å². The Morgan fingerprint density at radius 1 is 1.00 bits per heavy atom. The second kappa shape index (κ2) is 19.3. The maximum atomic E-state index is 13.3. The number of pyridine rings is 1. The van der Waals surface area contributed by atoms with Crippen LogP contribution in [0.1, 0.15) is 105 Å². The number of piperidine rings is 2. The number of nitrogens with two attached hydrogens (primary N) is 1. The van der Waals surface area contributed by atoms with E-state index in [9.17, 15) is 24.0 Å². The number of primary amides is 1. The van der Waals surface area contributed by atoms with Gasteiger partial charge in [0, 0.05) is 69.0 Å². The summed E-state index contributed by atoms with van der Waals surface area (Å²) in [6, 6.07) is 8.48. The van der Waals surface area contributed by atoms with E-state index in [1.807, 2.05) is 18.2 Å². The van der Waals surface area contributed by atoms with Gasteiger partial charge in [0.25, 0.3) is 5.91 Å². The molecule has 4 amide bonds. The number of benzene rings is 2. The summed E-state index contributed by atoms with van der Waals surface area (Å²) in [4.78, 5) is 69.3. The molecule has 15 heteroatoms. The molecule has 3 atom stereocenters. The summed E-state index contributed by atoms with van der Waals surface area (Å²) in [6.07, 6.45) is 11.7. The number of aromatic nitrogens is 3. The molecule has 2 aromatic carbocycles. The molecule has 1 saturated carbocycles. The van der Waals surface area contributed by atoms with Crippen molar-refractivity contribution in [1.82, 2.24) is 29.7 Å². The first-order valence-corrected chi connectivity index (χ1v) is 22.6. The van der Waals surface area contributed by atoms with E-state index in [1.54, 1.807) is 29.9 Å². The highest BCUT2D eigenvalue weighted by atomic mass is 16.5. The van der Waals surface area contributed by atoms with Crippen LogP contribution in [-0.2, 0) is 32.6 Å². The van der Waals surface area contributed by atoms with Gasteiger partial charge in [-0.2, -0.15) is 0 Å². The molecular weight excluding hydrogens is 803 g/mol. The lowest BCUT2D eigenvalue weighted by Crippen LogP contribution is -2.44. The minimum atomic E-state index is -0.698. The van der Waals surface area contributed by atoms with E-state index in [4.69, 9.17) is 19.9 Å². The summed E-state index contributed by atoms with van der Waals surface area (Å²) in [6.45, 7) is 6.12. The molecule has 3 aliphatic heterocycles. The highest BCUT2D eigenvalue weighted by Crippen LogP contribution is 2.35. The Bertz CT molecular complexity index is 2500. The number of rotatable bonds is 14. The lowest BCUT2D eigenvalue weighted by molar-refractivity contribution is -0.135. The molecule has 4 aliphatic rings. The predicted molar refractivity (Wildman–Crippen MR) is 237 cm³/mol. The third-order valence-electron chi connectivity index (χ3n) is 13.7. The van der Waals surface area contributed by atoms with Gasteiger partial charge in [-0.05, 0) is 93.4 Å². The number of carbonyl (C=O) groups is 4. The topological polar surface area (TPSA) is 189 Å². The van der Waals surface area contributed by atoms with Crippen molar-refractivity contribution in [2.24, 2.45) is 30.5 Å². The van der Waals surface area contributed by atoms with Gasteiger partial charge in [-0.25, -0.2) is 9.78 Å². The molecule has 4 aromatic rings. The number of methoxy groups -OCH3 is 1. The van der Waals surface area contributed by atoms with Gasteiger partial charge in [-0.3, -0.25) is 33.6 Å². The summed E-state index contributed by atoms with van der Waals surface area (Å²) < 4.78 is 21.2. The van der Waals surface area contributed by atoms with Crippen molar-refractivity contribution in [3.8, 4) is 23.5 Å². The molecule has 0 spiro atoms. The molecule has 2 aromatic heterocycles. The number of likely N-dealkylation sites (tertiary alicyclic amines) is 1. The van der Waals surface area contributed by atoms with E-state index in [0.29, 0.717) is 53.5 Å². The van der Waals surface area contributed by atoms with Crippen LogP contribution in [0.15, 0.2) is 41.3 Å². The van der Waals surface area contributed by atoms with Crippen LogP contribution in [0.3, 0.4) is 0 Å². The van der Waals surface area contributed by atoms with Crippen LogP contribution in [0.4, 0.5) is 0 Å². The van der Waals surface area contributed by atoms with Crippen LogP contribution in [-0.4, -0.2) is 94.8 Å². The second-order valence-electron chi connectivity index (χ2n) is 17.7. The van der Waals surface area contributed by atoms with Crippen molar-refractivity contribution in [2.45, 2.75) is 102 Å². The number of hydrogen-bond donors (Lipinski definition) is 3. The van der Waals surface area contributed by atoms with E-state index in [2.05, 4.69) is 39.3 Å². The fraction of sp³-hybridized carbons (Fsp3) is 0.542. The van der Waals surface area contributed by atoms with E-state index < -0.39 is 17.9 Å². The number of amides is 4.